The number of nitrogens with two attached hydrogens (primary N) is 1. The van der Waals surface area contributed by atoms with Gasteiger partial charge in [0, 0.05) is 42.7 Å². The summed E-state index contributed by atoms with van der Waals surface area (Å²) in [7, 11) is 0. The number of carbonyl (C=O) groups is 1. The van der Waals surface area contributed by atoms with Gasteiger partial charge in [-0.3, -0.25) is 9.78 Å². The van der Waals surface area contributed by atoms with Crippen LogP contribution < -0.4 is 11.1 Å². The van der Waals surface area contributed by atoms with Crippen molar-refractivity contribution in [2.24, 2.45) is 5.73 Å². The molecule has 2 heterocycles. The zero-order chi connectivity index (χ0) is 20.1. The Balaban J connectivity index is 1.67. The highest BCUT2D eigenvalue weighted by Gasteiger charge is 2.17. The fourth-order valence-corrected chi connectivity index (χ4v) is 3.01. The lowest BCUT2D eigenvalue weighted by atomic mass is 10.1. The molecule has 4 aromatic rings. The quantitative estimate of drug-likeness (QED) is 0.530. The summed E-state index contributed by atoms with van der Waals surface area (Å²) in [6.07, 6.45) is 3.44. The molecule has 0 saturated heterocycles. The monoisotopic (exact) mass is 383 g/mol. The molecule has 0 aliphatic carbocycles. The molecule has 2 aromatic heterocycles. The molecule has 0 spiro atoms. The lowest BCUT2D eigenvalue weighted by Crippen LogP contribution is -2.17. The summed E-state index contributed by atoms with van der Waals surface area (Å²) in [5, 5.41) is 7.88. The van der Waals surface area contributed by atoms with Gasteiger partial charge in [0.25, 0.3) is 5.91 Å². The molecule has 144 valence electrons. The van der Waals surface area contributed by atoms with Crippen molar-refractivity contribution in [1.29, 1.82) is 0 Å². The van der Waals surface area contributed by atoms with Crippen LogP contribution in [0, 0.1) is 0 Å². The molecule has 29 heavy (non-hydrogen) atoms. The highest BCUT2D eigenvalue weighted by Crippen LogP contribution is 2.23. The van der Waals surface area contributed by atoms with Gasteiger partial charge < -0.3 is 11.1 Å². The number of carbonyl (C=O) groups excluding carboxylic acids is 1. The zero-order valence-electron chi connectivity index (χ0n) is 15.8. The van der Waals surface area contributed by atoms with E-state index >= 15 is 0 Å². The molecule has 4 rings (SSSR count). The third-order valence-electron chi connectivity index (χ3n) is 4.61. The minimum Gasteiger partial charge on any atom is -0.366 e. The van der Waals surface area contributed by atoms with Crippen LogP contribution in [0.4, 0.5) is 5.82 Å². The van der Waals surface area contributed by atoms with Crippen LogP contribution in [0.3, 0.4) is 0 Å². The van der Waals surface area contributed by atoms with Crippen LogP contribution in [0.1, 0.15) is 21.5 Å². The van der Waals surface area contributed by atoms with Gasteiger partial charge in [0.2, 0.25) is 0 Å². The van der Waals surface area contributed by atoms with Crippen LogP contribution in [0.2, 0.25) is 0 Å². The Kier molecular flexibility index (Phi) is 5.45. The number of rotatable bonds is 6. The highest BCUT2D eigenvalue weighted by atomic mass is 16.2. The Morgan fingerprint density at radius 1 is 0.966 bits per heavy atom. The van der Waals surface area contributed by atoms with Crippen molar-refractivity contribution in [3.05, 3.63) is 102 Å². The van der Waals surface area contributed by atoms with E-state index in [1.807, 2.05) is 60.7 Å². The minimum absolute atomic E-state index is 0.209. The average molecular weight is 383 g/mol. The van der Waals surface area contributed by atoms with E-state index in [2.05, 4.69) is 15.4 Å². The van der Waals surface area contributed by atoms with Crippen molar-refractivity contribution in [3.63, 3.8) is 0 Å². The largest absolute Gasteiger partial charge is 0.366 e. The van der Waals surface area contributed by atoms with Gasteiger partial charge in [-0.2, -0.15) is 9.78 Å². The minimum atomic E-state index is -0.209. The number of hydrogen-bond acceptors (Lipinski definition) is 5. The van der Waals surface area contributed by atoms with E-state index in [0.29, 0.717) is 30.2 Å². The molecule has 0 bridgehead atoms. The molecule has 3 N–H and O–H groups in total. The smallest absolute Gasteiger partial charge is 0.280 e. The second-order valence-electron chi connectivity index (χ2n) is 6.61. The topological polar surface area (TPSA) is 85.8 Å². The van der Waals surface area contributed by atoms with Crippen molar-refractivity contribution in [2.45, 2.75) is 13.1 Å². The van der Waals surface area contributed by atoms with Crippen LogP contribution in [-0.4, -0.2) is 20.7 Å². The molecule has 0 amide bonds. The molecule has 6 heteroatoms. The van der Waals surface area contributed by atoms with E-state index in [4.69, 9.17) is 5.73 Å². The summed E-state index contributed by atoms with van der Waals surface area (Å²) in [5.41, 5.74) is 9.82. The van der Waals surface area contributed by atoms with Crippen molar-refractivity contribution in [3.8, 4) is 11.3 Å². The summed E-state index contributed by atoms with van der Waals surface area (Å²) >= 11 is 0. The third-order valence-corrected chi connectivity index (χ3v) is 4.61. The first-order valence-electron chi connectivity index (χ1n) is 9.36. The van der Waals surface area contributed by atoms with Gasteiger partial charge in [-0.15, -0.1) is 0 Å². The molecule has 0 unspecified atom stereocenters. The maximum atomic E-state index is 13.1. The summed E-state index contributed by atoms with van der Waals surface area (Å²) < 4.78 is 1.41. The van der Waals surface area contributed by atoms with Gasteiger partial charge in [0.1, 0.15) is 5.82 Å². The van der Waals surface area contributed by atoms with Crippen LogP contribution in [0.25, 0.3) is 11.3 Å². The Bertz CT molecular complexity index is 1090. The molecule has 0 fully saturated rings. The second kappa shape index (κ2) is 8.50. The normalized spacial score (nSPS) is 10.7. The van der Waals surface area contributed by atoms with E-state index in [1.165, 1.54) is 4.68 Å². The Morgan fingerprint density at radius 3 is 2.45 bits per heavy atom. The molecule has 2 aromatic carbocycles. The van der Waals surface area contributed by atoms with Crippen LogP contribution in [0.15, 0.2) is 85.2 Å². The summed E-state index contributed by atoms with van der Waals surface area (Å²) in [6, 6.07) is 22.9. The van der Waals surface area contributed by atoms with Crippen molar-refractivity contribution in [2.75, 3.05) is 5.32 Å². The molecular formula is C23H21N5O. The number of nitrogens with one attached hydrogen (secondary N) is 1. The standard InChI is InChI=1S/C23H21N5O/c24-14-17-8-10-19(11-9-17)23(29)28-22(26-15-18-5-2-1-3-6-18)13-21(27-28)20-7-4-12-25-16-20/h1-13,16,26H,14-15,24H2. The van der Waals surface area contributed by atoms with E-state index in [-0.39, 0.29) is 5.91 Å². The molecule has 6 nitrogen and oxygen atoms in total. The van der Waals surface area contributed by atoms with E-state index in [9.17, 15) is 4.79 Å². The number of pyridine rings is 1. The van der Waals surface area contributed by atoms with E-state index < -0.39 is 0 Å². The Morgan fingerprint density at radius 2 is 1.76 bits per heavy atom. The highest BCUT2D eigenvalue weighted by molar-refractivity contribution is 5.97. The maximum absolute atomic E-state index is 13.1. The summed E-state index contributed by atoms with van der Waals surface area (Å²) in [5.74, 6) is 0.417. The fraction of sp³-hybridized carbons (Fsp3) is 0.0870. The third kappa shape index (κ3) is 4.23. The first kappa shape index (κ1) is 18.6. The number of anilines is 1. The van der Waals surface area contributed by atoms with Crippen LogP contribution in [-0.2, 0) is 13.1 Å². The molecule has 0 radical (unpaired) electrons. The number of aromatic nitrogens is 3. The van der Waals surface area contributed by atoms with Crippen LogP contribution >= 0.6 is 0 Å². The lowest BCUT2D eigenvalue weighted by Gasteiger charge is -2.09. The summed E-state index contributed by atoms with van der Waals surface area (Å²) in [4.78, 5) is 17.3. The Labute approximate surface area is 169 Å². The molecule has 0 aliphatic heterocycles. The Hall–Kier alpha value is -3.77. The first-order valence-corrected chi connectivity index (χ1v) is 9.36. The average Bonchev–Trinajstić information content (AvgIpc) is 3.23. The van der Waals surface area contributed by atoms with Gasteiger partial charge >= 0.3 is 0 Å². The van der Waals surface area contributed by atoms with E-state index in [1.54, 1.807) is 24.5 Å². The van der Waals surface area contributed by atoms with Gasteiger partial charge in [0.15, 0.2) is 0 Å². The maximum Gasteiger partial charge on any atom is 0.280 e. The fourth-order valence-electron chi connectivity index (χ4n) is 3.01. The van der Waals surface area contributed by atoms with Gasteiger partial charge in [0.05, 0.1) is 5.69 Å². The van der Waals surface area contributed by atoms with Crippen LogP contribution in [0.5, 0.6) is 0 Å². The molecular weight excluding hydrogens is 362 g/mol. The zero-order valence-corrected chi connectivity index (χ0v) is 15.8. The van der Waals surface area contributed by atoms with Gasteiger partial charge in [-0.25, -0.2) is 0 Å². The molecule has 0 saturated carbocycles. The van der Waals surface area contributed by atoms with E-state index in [0.717, 1.165) is 16.7 Å². The number of hydrogen-bond donors (Lipinski definition) is 2. The van der Waals surface area contributed by atoms with Crippen molar-refractivity contribution in [1.82, 2.24) is 14.8 Å². The number of benzene rings is 2. The van der Waals surface area contributed by atoms with Crippen molar-refractivity contribution < 1.29 is 4.79 Å². The SMILES string of the molecule is NCc1ccc(C(=O)n2nc(-c3cccnc3)cc2NCc2ccccc2)cc1. The first-order chi connectivity index (χ1) is 14.2. The van der Waals surface area contributed by atoms with Gasteiger partial charge in [-0.1, -0.05) is 42.5 Å². The van der Waals surface area contributed by atoms with Crippen molar-refractivity contribution >= 4 is 11.7 Å². The predicted molar refractivity (Wildman–Crippen MR) is 113 cm³/mol. The summed E-state index contributed by atoms with van der Waals surface area (Å²) in [6.45, 7) is 1.02. The van der Waals surface area contributed by atoms with Gasteiger partial charge in [-0.05, 0) is 35.4 Å². The number of nitrogens with zero attached hydrogens (tertiary/aromatic N) is 3. The second-order valence-corrected chi connectivity index (χ2v) is 6.61. The lowest BCUT2D eigenvalue weighted by molar-refractivity contribution is 0.0948. The molecule has 0 atom stereocenters. The molecule has 0 aliphatic rings. The predicted octanol–water partition coefficient (Wildman–Crippen LogP) is 3.70.